The third kappa shape index (κ3) is 2.75. The Morgan fingerprint density at radius 2 is 1.92 bits per heavy atom. The smallest absolute Gasteiger partial charge is 0.290 e. The summed E-state index contributed by atoms with van der Waals surface area (Å²) < 4.78 is 1.95. The summed E-state index contributed by atoms with van der Waals surface area (Å²) in [6, 6.07) is 0.683. The fourth-order valence-electron chi connectivity index (χ4n) is 4.00. The zero-order valence-corrected chi connectivity index (χ0v) is 15.9. The number of fused-ring (bicyclic) bond motifs is 3. The zero-order valence-electron chi connectivity index (χ0n) is 15.9. The maximum Gasteiger partial charge on any atom is 0.290 e. The van der Waals surface area contributed by atoms with Gasteiger partial charge in [-0.05, 0) is 46.1 Å². The van der Waals surface area contributed by atoms with Crippen LogP contribution in [0.5, 0.6) is 0 Å². The summed E-state index contributed by atoms with van der Waals surface area (Å²) in [4.78, 5) is 30.9. The molecule has 0 N–H and O–H groups in total. The third-order valence-corrected chi connectivity index (χ3v) is 5.68. The van der Waals surface area contributed by atoms with Crippen molar-refractivity contribution in [2.24, 2.45) is 0 Å². The van der Waals surface area contributed by atoms with Gasteiger partial charge >= 0.3 is 0 Å². The van der Waals surface area contributed by atoms with Gasteiger partial charge in [0, 0.05) is 55.5 Å². The first-order valence-corrected chi connectivity index (χ1v) is 9.36. The lowest BCUT2D eigenvalue weighted by Crippen LogP contribution is -2.64. The van der Waals surface area contributed by atoms with Gasteiger partial charge in [0.15, 0.2) is 5.82 Å². The van der Waals surface area contributed by atoms with Crippen molar-refractivity contribution in [1.29, 1.82) is 0 Å². The molecule has 5 rings (SSSR count). The second-order valence-electron chi connectivity index (χ2n) is 7.69. The van der Waals surface area contributed by atoms with E-state index >= 15 is 0 Å². The van der Waals surface area contributed by atoms with Crippen LogP contribution < -0.4 is 4.90 Å². The molecule has 2 unspecified atom stereocenters. The Labute approximate surface area is 154 Å². The van der Waals surface area contributed by atoms with Gasteiger partial charge in [0.25, 0.3) is 5.91 Å². The Morgan fingerprint density at radius 3 is 2.58 bits per heavy atom. The summed E-state index contributed by atoms with van der Waals surface area (Å²) in [5.41, 5.74) is 2.12. The summed E-state index contributed by atoms with van der Waals surface area (Å²) in [6.07, 6.45) is 7.59. The number of carbonyl (C=O) groups excluding carboxylic acids is 1. The van der Waals surface area contributed by atoms with E-state index in [2.05, 4.69) is 33.7 Å². The molecule has 1 amide bonds. The molecule has 138 valence electrons. The summed E-state index contributed by atoms with van der Waals surface area (Å²) in [7, 11) is 0. The van der Waals surface area contributed by atoms with Crippen molar-refractivity contribution in [3.8, 4) is 0 Å². The maximum absolute atomic E-state index is 13.1. The van der Waals surface area contributed by atoms with Gasteiger partial charge in [-0.2, -0.15) is 0 Å². The summed E-state index contributed by atoms with van der Waals surface area (Å²) in [6.45, 7) is 9.69. The first-order valence-electron chi connectivity index (χ1n) is 9.36. The van der Waals surface area contributed by atoms with E-state index in [1.807, 2.05) is 35.7 Å². The summed E-state index contributed by atoms with van der Waals surface area (Å²) in [5.74, 6) is 1.37. The number of piperazine rings is 1. The molecule has 0 aliphatic carbocycles. The highest BCUT2D eigenvalue weighted by Crippen LogP contribution is 2.32. The van der Waals surface area contributed by atoms with E-state index in [1.165, 1.54) is 0 Å². The molecule has 2 atom stereocenters. The van der Waals surface area contributed by atoms with Gasteiger partial charge in [0.2, 0.25) is 5.95 Å². The normalized spacial score (nSPS) is 22.3. The fourth-order valence-corrected chi connectivity index (χ4v) is 4.00. The van der Waals surface area contributed by atoms with Gasteiger partial charge < -0.3 is 14.4 Å². The molecule has 2 aromatic heterocycles. The van der Waals surface area contributed by atoms with Crippen molar-refractivity contribution >= 4 is 11.9 Å². The molecular weight excluding hydrogens is 328 g/mol. The molecule has 2 aromatic rings. The van der Waals surface area contributed by atoms with Crippen LogP contribution in [0.15, 0.2) is 18.6 Å². The van der Waals surface area contributed by atoms with Crippen LogP contribution >= 0.6 is 0 Å². The minimum absolute atomic E-state index is 0.0408. The second kappa shape index (κ2) is 6.37. The number of amides is 1. The molecule has 3 saturated heterocycles. The lowest BCUT2D eigenvalue weighted by Gasteiger charge is -2.51. The topological polar surface area (TPSA) is 67.2 Å². The second-order valence-corrected chi connectivity index (χ2v) is 7.69. The molecule has 3 aliphatic heterocycles. The monoisotopic (exact) mass is 354 g/mol. The number of imidazole rings is 1. The number of piperidine rings is 2. The summed E-state index contributed by atoms with van der Waals surface area (Å²) in [5, 5.41) is 0. The number of aromatic nitrogens is 4. The molecule has 3 aliphatic rings. The Balaban J connectivity index is 1.56. The van der Waals surface area contributed by atoms with Gasteiger partial charge in [0.05, 0.1) is 0 Å². The standard InChI is InChI=1S/C19H26N6O/c1-12(2)23-8-7-20-17(23)18(26)24-10-16-6-5-15(24)11-25(16)19-21-9-13(3)14(4)22-19/h7-9,12,15-16H,5-6,10-11H2,1-4H3. The zero-order chi connectivity index (χ0) is 18.4. The molecule has 7 nitrogen and oxygen atoms in total. The Hall–Kier alpha value is -2.44. The van der Waals surface area contributed by atoms with Gasteiger partial charge in [-0.1, -0.05) is 0 Å². The molecule has 26 heavy (non-hydrogen) atoms. The number of hydrogen-bond donors (Lipinski definition) is 0. The Kier molecular flexibility index (Phi) is 4.17. The van der Waals surface area contributed by atoms with E-state index in [9.17, 15) is 4.79 Å². The molecular formula is C19H26N6O. The molecule has 7 heteroatoms. The van der Waals surface area contributed by atoms with Gasteiger partial charge in [0.1, 0.15) is 0 Å². The fraction of sp³-hybridized carbons (Fsp3) is 0.579. The number of aryl methyl sites for hydroxylation is 2. The summed E-state index contributed by atoms with van der Waals surface area (Å²) >= 11 is 0. The van der Waals surface area contributed by atoms with Crippen molar-refractivity contribution < 1.29 is 4.79 Å². The van der Waals surface area contributed by atoms with Crippen LogP contribution in [-0.4, -0.2) is 55.5 Å². The molecule has 2 bridgehead atoms. The Bertz CT molecular complexity index is 829. The van der Waals surface area contributed by atoms with Crippen LogP contribution in [-0.2, 0) is 0 Å². The van der Waals surface area contributed by atoms with Crippen molar-refractivity contribution in [3.63, 3.8) is 0 Å². The predicted octanol–water partition coefficient (Wildman–Crippen LogP) is 2.36. The van der Waals surface area contributed by atoms with E-state index < -0.39 is 0 Å². The third-order valence-electron chi connectivity index (χ3n) is 5.68. The van der Waals surface area contributed by atoms with Crippen LogP contribution in [0.1, 0.15) is 54.6 Å². The maximum atomic E-state index is 13.1. The molecule has 0 aromatic carbocycles. The number of anilines is 1. The number of rotatable bonds is 3. The van der Waals surface area contributed by atoms with Crippen molar-refractivity contribution in [3.05, 3.63) is 35.7 Å². The van der Waals surface area contributed by atoms with E-state index in [4.69, 9.17) is 0 Å². The van der Waals surface area contributed by atoms with Gasteiger partial charge in [-0.15, -0.1) is 0 Å². The average molecular weight is 354 g/mol. The van der Waals surface area contributed by atoms with Crippen LogP contribution in [0.25, 0.3) is 0 Å². The van der Waals surface area contributed by atoms with E-state index in [0.717, 1.165) is 36.6 Å². The van der Waals surface area contributed by atoms with Crippen LogP contribution in [0, 0.1) is 13.8 Å². The number of nitrogens with zero attached hydrogens (tertiary/aromatic N) is 6. The first-order chi connectivity index (χ1) is 12.5. The quantitative estimate of drug-likeness (QED) is 0.846. The number of hydrogen-bond acceptors (Lipinski definition) is 5. The Morgan fingerprint density at radius 1 is 1.15 bits per heavy atom. The molecule has 0 spiro atoms. The minimum Gasteiger partial charge on any atom is -0.334 e. The predicted molar refractivity (Wildman–Crippen MR) is 99.3 cm³/mol. The van der Waals surface area contributed by atoms with Crippen LogP contribution in [0.4, 0.5) is 5.95 Å². The highest BCUT2D eigenvalue weighted by Gasteiger charge is 2.43. The number of carbonyl (C=O) groups is 1. The lowest BCUT2D eigenvalue weighted by atomic mass is 9.91. The average Bonchev–Trinajstić information content (AvgIpc) is 3.14. The highest BCUT2D eigenvalue weighted by atomic mass is 16.2. The van der Waals surface area contributed by atoms with Crippen LogP contribution in [0.2, 0.25) is 0 Å². The van der Waals surface area contributed by atoms with Crippen molar-refractivity contribution in [2.45, 2.75) is 58.7 Å². The molecule has 3 fully saturated rings. The molecule has 0 radical (unpaired) electrons. The van der Waals surface area contributed by atoms with Crippen LogP contribution in [0.3, 0.4) is 0 Å². The van der Waals surface area contributed by atoms with E-state index in [-0.39, 0.29) is 24.0 Å². The highest BCUT2D eigenvalue weighted by molar-refractivity contribution is 5.91. The first kappa shape index (κ1) is 17.0. The minimum atomic E-state index is 0.0408. The SMILES string of the molecule is Cc1cnc(N2CC3CCC2CN3C(=O)c2nccn2C(C)C)nc1C. The molecule has 5 heterocycles. The van der Waals surface area contributed by atoms with Crippen molar-refractivity contribution in [2.75, 3.05) is 18.0 Å². The van der Waals surface area contributed by atoms with Crippen molar-refractivity contribution in [1.82, 2.24) is 24.4 Å². The van der Waals surface area contributed by atoms with E-state index in [0.29, 0.717) is 12.4 Å². The van der Waals surface area contributed by atoms with Gasteiger partial charge in [-0.25, -0.2) is 15.0 Å². The van der Waals surface area contributed by atoms with E-state index in [1.54, 1.807) is 6.20 Å². The lowest BCUT2D eigenvalue weighted by molar-refractivity contribution is 0.0484. The largest absolute Gasteiger partial charge is 0.334 e. The molecule has 0 saturated carbocycles. The van der Waals surface area contributed by atoms with Gasteiger partial charge in [-0.3, -0.25) is 4.79 Å².